The first-order valence-corrected chi connectivity index (χ1v) is 5.27. The van der Waals surface area contributed by atoms with Crippen molar-refractivity contribution in [3.63, 3.8) is 0 Å². The highest BCUT2D eigenvalue weighted by Crippen LogP contribution is 2.36. The number of para-hydroxylation sites is 1. The van der Waals surface area contributed by atoms with Gasteiger partial charge in [-0.15, -0.1) is 0 Å². The van der Waals surface area contributed by atoms with E-state index in [1.807, 2.05) is 7.05 Å². The zero-order chi connectivity index (χ0) is 9.97. The first-order valence-electron chi connectivity index (χ1n) is 5.27. The highest BCUT2D eigenvalue weighted by atomic mass is 15.1. The summed E-state index contributed by atoms with van der Waals surface area (Å²) in [5, 5.41) is 3.22. The number of benzene rings is 1. The molecule has 2 nitrogen and oxygen atoms in total. The quantitative estimate of drug-likeness (QED) is 0.782. The van der Waals surface area contributed by atoms with Crippen molar-refractivity contribution in [1.82, 2.24) is 5.32 Å². The topological polar surface area (TPSA) is 15.3 Å². The minimum atomic E-state index is 0.712. The fraction of sp³-hybridized carbons (Fsp3) is 0.500. The van der Waals surface area contributed by atoms with Crippen LogP contribution in [-0.2, 0) is 0 Å². The maximum atomic E-state index is 3.22. The lowest BCUT2D eigenvalue weighted by Gasteiger charge is -2.12. The zero-order valence-electron chi connectivity index (χ0n) is 8.96. The molecular formula is C12H18N2. The molecule has 2 heteroatoms. The van der Waals surface area contributed by atoms with Gasteiger partial charge in [0.15, 0.2) is 0 Å². The summed E-state index contributed by atoms with van der Waals surface area (Å²) in [4.78, 5) is 2.36. The van der Waals surface area contributed by atoms with Crippen LogP contribution < -0.4 is 10.2 Å². The fourth-order valence-corrected chi connectivity index (χ4v) is 2.27. The van der Waals surface area contributed by atoms with Crippen LogP contribution in [0.25, 0.3) is 0 Å². The number of hydrogen-bond donors (Lipinski definition) is 1. The van der Waals surface area contributed by atoms with Crippen LogP contribution in [0.15, 0.2) is 24.3 Å². The van der Waals surface area contributed by atoms with E-state index in [9.17, 15) is 0 Å². The molecule has 76 valence electrons. The van der Waals surface area contributed by atoms with Gasteiger partial charge in [0.1, 0.15) is 0 Å². The van der Waals surface area contributed by atoms with Crippen LogP contribution in [0, 0.1) is 0 Å². The average Bonchev–Trinajstić information content (AvgIpc) is 2.54. The van der Waals surface area contributed by atoms with Crippen LogP contribution in [0.1, 0.15) is 17.9 Å². The Labute approximate surface area is 85.9 Å². The van der Waals surface area contributed by atoms with E-state index in [2.05, 4.69) is 41.5 Å². The minimum Gasteiger partial charge on any atom is -0.374 e. The van der Waals surface area contributed by atoms with Gasteiger partial charge in [0.2, 0.25) is 0 Å². The van der Waals surface area contributed by atoms with Gasteiger partial charge in [-0.2, -0.15) is 0 Å². The summed E-state index contributed by atoms with van der Waals surface area (Å²) in [5.41, 5.74) is 2.93. The number of hydrogen-bond acceptors (Lipinski definition) is 2. The molecule has 1 heterocycles. The van der Waals surface area contributed by atoms with Crippen molar-refractivity contribution < 1.29 is 0 Å². The number of likely N-dealkylation sites (N-methyl/N-ethyl adjacent to an activating group) is 1. The lowest BCUT2D eigenvalue weighted by atomic mass is 9.98. The molecule has 0 amide bonds. The van der Waals surface area contributed by atoms with Crippen molar-refractivity contribution in [2.45, 2.75) is 12.3 Å². The molecule has 0 saturated carbocycles. The zero-order valence-corrected chi connectivity index (χ0v) is 8.96. The number of nitrogens with one attached hydrogen (secondary N) is 1. The van der Waals surface area contributed by atoms with Gasteiger partial charge in [0, 0.05) is 25.2 Å². The maximum Gasteiger partial charge on any atom is 0.0399 e. The maximum absolute atomic E-state index is 3.22. The minimum absolute atomic E-state index is 0.712. The molecule has 0 aromatic heterocycles. The second-order valence-electron chi connectivity index (χ2n) is 4.03. The number of anilines is 1. The molecule has 1 unspecified atom stereocenters. The monoisotopic (exact) mass is 190 g/mol. The third-order valence-corrected chi connectivity index (χ3v) is 3.02. The summed E-state index contributed by atoms with van der Waals surface area (Å²) in [6.45, 7) is 2.27. The molecule has 1 aromatic carbocycles. The SMILES string of the molecule is CNCCC1CN(C)c2ccccc21. The lowest BCUT2D eigenvalue weighted by molar-refractivity contribution is 0.618. The Morgan fingerprint density at radius 1 is 1.43 bits per heavy atom. The first-order chi connectivity index (χ1) is 6.83. The average molecular weight is 190 g/mol. The van der Waals surface area contributed by atoms with Crippen LogP contribution in [0.4, 0.5) is 5.69 Å². The standard InChI is InChI=1S/C12H18N2/c1-13-8-7-10-9-14(2)12-6-4-3-5-11(10)12/h3-6,10,13H,7-9H2,1-2H3. The lowest BCUT2D eigenvalue weighted by Crippen LogP contribution is -2.18. The van der Waals surface area contributed by atoms with Crippen LogP contribution >= 0.6 is 0 Å². The van der Waals surface area contributed by atoms with Crippen LogP contribution in [0.3, 0.4) is 0 Å². The Balaban J connectivity index is 2.17. The van der Waals surface area contributed by atoms with Gasteiger partial charge in [0.25, 0.3) is 0 Å². The second-order valence-corrected chi connectivity index (χ2v) is 4.03. The molecule has 1 aromatic rings. The first kappa shape index (κ1) is 9.53. The van der Waals surface area contributed by atoms with Crippen LogP contribution in [0.2, 0.25) is 0 Å². The van der Waals surface area contributed by atoms with Crippen molar-refractivity contribution in [2.24, 2.45) is 0 Å². The summed E-state index contributed by atoms with van der Waals surface area (Å²) in [6.07, 6.45) is 1.23. The Kier molecular flexibility index (Phi) is 2.73. The van der Waals surface area contributed by atoms with Crippen molar-refractivity contribution in [1.29, 1.82) is 0 Å². The van der Waals surface area contributed by atoms with E-state index < -0.39 is 0 Å². The molecule has 0 saturated heterocycles. The van der Waals surface area contributed by atoms with E-state index in [0.29, 0.717) is 5.92 Å². The van der Waals surface area contributed by atoms with Crippen LogP contribution in [0.5, 0.6) is 0 Å². The van der Waals surface area contributed by atoms with E-state index in [4.69, 9.17) is 0 Å². The molecule has 2 rings (SSSR count). The molecule has 0 bridgehead atoms. The molecule has 14 heavy (non-hydrogen) atoms. The summed E-state index contributed by atoms with van der Waals surface area (Å²) < 4.78 is 0. The van der Waals surface area contributed by atoms with Gasteiger partial charge in [-0.3, -0.25) is 0 Å². The molecule has 1 N–H and O–H groups in total. The van der Waals surface area contributed by atoms with Crippen molar-refractivity contribution in [2.75, 3.05) is 32.1 Å². The molecule has 1 aliphatic heterocycles. The van der Waals surface area contributed by atoms with Gasteiger partial charge in [-0.05, 0) is 31.6 Å². The Morgan fingerprint density at radius 2 is 2.21 bits per heavy atom. The number of fused-ring (bicyclic) bond motifs is 1. The van der Waals surface area contributed by atoms with Gasteiger partial charge >= 0.3 is 0 Å². The molecule has 0 radical (unpaired) electrons. The largest absolute Gasteiger partial charge is 0.374 e. The van der Waals surface area contributed by atoms with Gasteiger partial charge < -0.3 is 10.2 Å². The highest BCUT2D eigenvalue weighted by molar-refractivity contribution is 5.59. The highest BCUT2D eigenvalue weighted by Gasteiger charge is 2.24. The number of nitrogens with zero attached hydrogens (tertiary/aromatic N) is 1. The van der Waals surface area contributed by atoms with E-state index in [1.165, 1.54) is 24.2 Å². The van der Waals surface area contributed by atoms with Crippen molar-refractivity contribution in [3.05, 3.63) is 29.8 Å². The summed E-state index contributed by atoms with van der Waals surface area (Å²) in [7, 11) is 4.20. The molecule has 0 fully saturated rings. The second kappa shape index (κ2) is 4.01. The third kappa shape index (κ3) is 1.62. The predicted octanol–water partition coefficient (Wildman–Crippen LogP) is 1.83. The van der Waals surface area contributed by atoms with Crippen molar-refractivity contribution in [3.8, 4) is 0 Å². The Hall–Kier alpha value is -1.02. The summed E-state index contributed by atoms with van der Waals surface area (Å²) >= 11 is 0. The summed E-state index contributed by atoms with van der Waals surface area (Å²) in [6, 6.07) is 8.74. The van der Waals surface area contributed by atoms with E-state index in [-0.39, 0.29) is 0 Å². The van der Waals surface area contributed by atoms with Gasteiger partial charge in [-0.25, -0.2) is 0 Å². The predicted molar refractivity (Wildman–Crippen MR) is 61.0 cm³/mol. The fourth-order valence-electron chi connectivity index (χ4n) is 2.27. The van der Waals surface area contributed by atoms with E-state index >= 15 is 0 Å². The molecular weight excluding hydrogens is 172 g/mol. The third-order valence-electron chi connectivity index (χ3n) is 3.02. The smallest absolute Gasteiger partial charge is 0.0399 e. The Bertz CT molecular complexity index is 309. The van der Waals surface area contributed by atoms with Crippen LogP contribution in [-0.4, -0.2) is 27.2 Å². The van der Waals surface area contributed by atoms with Gasteiger partial charge in [-0.1, -0.05) is 18.2 Å². The van der Waals surface area contributed by atoms with Gasteiger partial charge in [0.05, 0.1) is 0 Å². The molecule has 1 atom stereocenters. The molecule has 0 aliphatic carbocycles. The normalized spacial score (nSPS) is 19.9. The van der Waals surface area contributed by atoms with E-state index in [0.717, 1.165) is 6.54 Å². The molecule has 0 spiro atoms. The number of rotatable bonds is 3. The van der Waals surface area contributed by atoms with Crippen molar-refractivity contribution >= 4 is 5.69 Å². The van der Waals surface area contributed by atoms with E-state index in [1.54, 1.807) is 0 Å². The summed E-state index contributed by atoms with van der Waals surface area (Å²) in [5.74, 6) is 0.712. The molecule has 1 aliphatic rings. The Morgan fingerprint density at radius 3 is 3.00 bits per heavy atom.